The minimum Gasteiger partial charge on any atom is -0.460 e. The highest BCUT2D eigenvalue weighted by atomic mass is 79.9. The molecule has 0 spiro atoms. The van der Waals surface area contributed by atoms with Crippen LogP contribution in [0.1, 0.15) is 30.9 Å². The summed E-state index contributed by atoms with van der Waals surface area (Å²) in [7, 11) is 0. The van der Waals surface area contributed by atoms with Gasteiger partial charge in [-0.3, -0.25) is 4.79 Å². The second-order valence-electron chi connectivity index (χ2n) is 7.70. The van der Waals surface area contributed by atoms with Gasteiger partial charge in [0, 0.05) is 12.1 Å². The van der Waals surface area contributed by atoms with Crippen LogP contribution in [-0.4, -0.2) is 5.97 Å². The van der Waals surface area contributed by atoms with E-state index in [0.29, 0.717) is 17.1 Å². The number of para-hydroxylation sites is 1. The van der Waals surface area contributed by atoms with E-state index in [-0.39, 0.29) is 22.5 Å². The summed E-state index contributed by atoms with van der Waals surface area (Å²) in [6.45, 7) is 4.26. The molecule has 4 aromatic rings. The molecule has 4 rings (SSSR count). The van der Waals surface area contributed by atoms with Crippen LogP contribution >= 0.6 is 15.9 Å². The van der Waals surface area contributed by atoms with E-state index < -0.39 is 5.97 Å². The van der Waals surface area contributed by atoms with Gasteiger partial charge in [0.1, 0.15) is 23.3 Å². The van der Waals surface area contributed by atoms with Crippen molar-refractivity contribution in [3.63, 3.8) is 0 Å². The van der Waals surface area contributed by atoms with Crippen molar-refractivity contribution in [3.05, 3.63) is 105 Å². The van der Waals surface area contributed by atoms with Crippen LogP contribution in [0.5, 0.6) is 17.2 Å². The molecule has 0 bridgehead atoms. The first kappa shape index (κ1) is 22.6. The molecule has 0 saturated carbocycles. The Balaban J connectivity index is 1.48. The highest BCUT2D eigenvalue weighted by molar-refractivity contribution is 9.10. The highest BCUT2D eigenvalue weighted by Crippen LogP contribution is 2.29. The largest absolute Gasteiger partial charge is 0.460 e. The van der Waals surface area contributed by atoms with Gasteiger partial charge in [0.2, 0.25) is 11.2 Å². The number of hydrogen-bond acceptors (Lipinski definition) is 5. The maximum Gasteiger partial charge on any atom is 0.336 e. The van der Waals surface area contributed by atoms with Crippen LogP contribution in [0.25, 0.3) is 17.0 Å². The van der Waals surface area contributed by atoms with E-state index in [2.05, 4.69) is 29.8 Å². The molecule has 0 atom stereocenters. The van der Waals surface area contributed by atoms with Gasteiger partial charge in [0.05, 0.1) is 9.86 Å². The van der Waals surface area contributed by atoms with Crippen LogP contribution in [0, 0.1) is 0 Å². The zero-order chi connectivity index (χ0) is 23.4. The predicted molar refractivity (Wildman–Crippen MR) is 132 cm³/mol. The molecule has 166 valence electrons. The van der Waals surface area contributed by atoms with Crippen LogP contribution in [0.15, 0.2) is 92.8 Å². The van der Waals surface area contributed by atoms with Gasteiger partial charge in [0.25, 0.3) is 0 Å². The van der Waals surface area contributed by atoms with E-state index in [1.165, 1.54) is 24.0 Å². The number of carbonyl (C=O) groups excluding carboxylic acids is 1. The number of hydrogen-bond donors (Lipinski definition) is 0. The molecule has 0 saturated heterocycles. The van der Waals surface area contributed by atoms with Gasteiger partial charge >= 0.3 is 5.97 Å². The number of benzene rings is 3. The van der Waals surface area contributed by atoms with Crippen LogP contribution < -0.4 is 14.9 Å². The number of esters is 1. The van der Waals surface area contributed by atoms with Crippen LogP contribution in [-0.2, 0) is 4.79 Å². The van der Waals surface area contributed by atoms with Gasteiger partial charge in [-0.05, 0) is 63.3 Å². The fourth-order valence-corrected chi connectivity index (χ4v) is 3.54. The maximum atomic E-state index is 12.8. The van der Waals surface area contributed by atoms with E-state index in [4.69, 9.17) is 13.9 Å². The normalized spacial score (nSPS) is 11.3. The van der Waals surface area contributed by atoms with E-state index >= 15 is 0 Å². The minimum absolute atomic E-state index is 0.0607. The molecule has 6 heteroatoms. The third-order valence-corrected chi connectivity index (χ3v) is 5.66. The average Bonchev–Trinajstić information content (AvgIpc) is 2.81. The Morgan fingerprint density at radius 2 is 1.76 bits per heavy atom. The van der Waals surface area contributed by atoms with Crippen molar-refractivity contribution in [2.24, 2.45) is 0 Å². The third kappa shape index (κ3) is 5.41. The number of carbonyl (C=O) groups is 1. The lowest BCUT2D eigenvalue weighted by molar-refractivity contribution is -0.128. The second-order valence-corrected chi connectivity index (χ2v) is 8.55. The van der Waals surface area contributed by atoms with Gasteiger partial charge in [-0.2, -0.15) is 0 Å². The molecule has 3 aromatic carbocycles. The quantitative estimate of drug-likeness (QED) is 0.159. The summed E-state index contributed by atoms with van der Waals surface area (Å²) >= 11 is 3.39. The van der Waals surface area contributed by atoms with Crippen molar-refractivity contribution in [2.45, 2.75) is 19.8 Å². The highest BCUT2D eigenvalue weighted by Gasteiger charge is 2.12. The molecule has 0 radical (unpaired) electrons. The summed E-state index contributed by atoms with van der Waals surface area (Å²) in [5.74, 6) is 0.753. The first-order valence-electron chi connectivity index (χ1n) is 10.4. The van der Waals surface area contributed by atoms with E-state index in [9.17, 15) is 9.59 Å². The standard InChI is InChI=1S/C27H21BrO5/c1-17(2)19-10-7-18(8-11-19)9-14-26(29)32-20-12-13-21-24(15-20)31-16-25(27(21)30)33-23-6-4-3-5-22(23)28/h3-17H,1-2H3/b14-9+. The lowest BCUT2D eigenvalue weighted by atomic mass is 10.0. The van der Waals surface area contributed by atoms with Gasteiger partial charge < -0.3 is 13.9 Å². The Bertz CT molecular complexity index is 1380. The summed E-state index contributed by atoms with van der Waals surface area (Å²) in [6.07, 6.45) is 4.30. The van der Waals surface area contributed by atoms with Crippen molar-refractivity contribution in [3.8, 4) is 17.2 Å². The summed E-state index contributed by atoms with van der Waals surface area (Å²) < 4.78 is 17.3. The SMILES string of the molecule is CC(C)c1ccc(/C=C/C(=O)Oc2ccc3c(=O)c(Oc4ccccc4Br)coc3c2)cc1. The second kappa shape index (κ2) is 9.88. The number of fused-ring (bicyclic) bond motifs is 1. The van der Waals surface area contributed by atoms with Gasteiger partial charge in [0.15, 0.2) is 0 Å². The number of rotatable bonds is 6. The van der Waals surface area contributed by atoms with Crippen molar-refractivity contribution in [1.82, 2.24) is 0 Å². The van der Waals surface area contributed by atoms with Crippen LogP contribution in [0.3, 0.4) is 0 Å². The molecule has 0 amide bonds. The fourth-order valence-electron chi connectivity index (χ4n) is 3.18. The molecule has 33 heavy (non-hydrogen) atoms. The topological polar surface area (TPSA) is 65.7 Å². The molecule has 0 unspecified atom stereocenters. The molecule has 0 aliphatic heterocycles. The van der Waals surface area contributed by atoms with E-state index in [0.717, 1.165) is 10.0 Å². The Morgan fingerprint density at radius 1 is 1.00 bits per heavy atom. The zero-order valence-electron chi connectivity index (χ0n) is 18.1. The Labute approximate surface area is 199 Å². The monoisotopic (exact) mass is 504 g/mol. The number of halogens is 1. The van der Waals surface area contributed by atoms with Crippen molar-refractivity contribution >= 4 is 38.9 Å². The average molecular weight is 505 g/mol. The fraction of sp³-hybridized carbons (Fsp3) is 0.111. The third-order valence-electron chi connectivity index (χ3n) is 5.00. The Morgan fingerprint density at radius 3 is 2.48 bits per heavy atom. The molecular weight excluding hydrogens is 484 g/mol. The smallest absolute Gasteiger partial charge is 0.336 e. The first-order chi connectivity index (χ1) is 15.9. The summed E-state index contributed by atoms with van der Waals surface area (Å²) in [4.78, 5) is 25.0. The van der Waals surface area contributed by atoms with Crippen molar-refractivity contribution in [2.75, 3.05) is 0 Å². The molecule has 1 aromatic heterocycles. The lowest BCUT2D eigenvalue weighted by Gasteiger charge is -2.08. The Hall–Kier alpha value is -3.64. The van der Waals surface area contributed by atoms with Crippen molar-refractivity contribution < 1.29 is 18.7 Å². The molecule has 0 aliphatic rings. The zero-order valence-corrected chi connectivity index (χ0v) is 19.7. The van der Waals surface area contributed by atoms with E-state index in [1.807, 2.05) is 36.4 Å². The van der Waals surface area contributed by atoms with E-state index in [1.54, 1.807) is 30.3 Å². The molecule has 0 fully saturated rings. The van der Waals surface area contributed by atoms with Crippen LogP contribution in [0.2, 0.25) is 0 Å². The Kier molecular flexibility index (Phi) is 6.75. The number of ether oxygens (including phenoxy) is 2. The van der Waals surface area contributed by atoms with Crippen molar-refractivity contribution in [1.29, 1.82) is 0 Å². The molecule has 0 aliphatic carbocycles. The van der Waals surface area contributed by atoms with Gasteiger partial charge in [-0.15, -0.1) is 0 Å². The molecule has 1 heterocycles. The molecular formula is C27H21BrO5. The van der Waals surface area contributed by atoms with Crippen LogP contribution in [0.4, 0.5) is 0 Å². The van der Waals surface area contributed by atoms with Gasteiger partial charge in [-0.25, -0.2) is 4.79 Å². The molecule has 5 nitrogen and oxygen atoms in total. The maximum absolute atomic E-state index is 12.8. The first-order valence-corrected chi connectivity index (χ1v) is 11.2. The predicted octanol–water partition coefficient (Wildman–Crippen LogP) is 7.09. The molecule has 0 N–H and O–H groups in total. The summed E-state index contributed by atoms with van der Waals surface area (Å²) in [5, 5.41) is 0.320. The van der Waals surface area contributed by atoms with Gasteiger partial charge in [-0.1, -0.05) is 50.2 Å². The minimum atomic E-state index is -0.529. The summed E-state index contributed by atoms with van der Waals surface area (Å²) in [5.41, 5.74) is 2.10. The lowest BCUT2D eigenvalue weighted by Crippen LogP contribution is -2.06. The summed E-state index contributed by atoms with van der Waals surface area (Å²) in [6, 6.07) is 19.8.